The van der Waals surface area contributed by atoms with Crippen molar-refractivity contribution in [3.05, 3.63) is 41.6 Å². The molecule has 0 radical (unpaired) electrons. The molecule has 2 aromatic rings. The molecule has 1 aromatic carbocycles. The zero-order valence-corrected chi connectivity index (χ0v) is 11.1. The van der Waals surface area contributed by atoms with Gasteiger partial charge in [-0.15, -0.1) is 0 Å². The molecule has 2 rings (SSSR count). The third kappa shape index (κ3) is 2.79. The summed E-state index contributed by atoms with van der Waals surface area (Å²) in [5.41, 5.74) is 4.28. The summed E-state index contributed by atoms with van der Waals surface area (Å²) in [4.78, 5) is 0. The lowest BCUT2D eigenvalue weighted by molar-refractivity contribution is 0.275. The van der Waals surface area contributed by atoms with Gasteiger partial charge in [0.1, 0.15) is 0 Å². The Morgan fingerprint density at radius 3 is 2.50 bits per heavy atom. The third-order valence-corrected chi connectivity index (χ3v) is 3.16. The molecule has 1 aromatic heterocycles. The summed E-state index contributed by atoms with van der Waals surface area (Å²) in [7, 11) is 1.90. The molecule has 0 unspecified atom stereocenters. The van der Waals surface area contributed by atoms with Crippen LogP contribution in [0.15, 0.2) is 30.3 Å². The standard InChI is InChI=1S/C15H20N2O/c1-3-4-5-12-6-8-13(9-7-12)15-10-14(11-18)16-17(15)2/h6-10,18H,3-5,11H2,1-2H3. The first-order valence-electron chi connectivity index (χ1n) is 6.47. The molecule has 0 aliphatic rings. The second-order valence-corrected chi connectivity index (χ2v) is 4.60. The van der Waals surface area contributed by atoms with E-state index in [9.17, 15) is 0 Å². The lowest BCUT2D eigenvalue weighted by Gasteiger charge is -2.04. The van der Waals surface area contributed by atoms with E-state index >= 15 is 0 Å². The number of unbranched alkanes of at least 4 members (excludes halogenated alkanes) is 1. The summed E-state index contributed by atoms with van der Waals surface area (Å²) >= 11 is 0. The van der Waals surface area contributed by atoms with Crippen molar-refractivity contribution in [3.8, 4) is 11.3 Å². The minimum atomic E-state index is -0.0115. The average molecular weight is 244 g/mol. The molecule has 0 atom stereocenters. The van der Waals surface area contributed by atoms with E-state index in [1.807, 2.05) is 17.8 Å². The van der Waals surface area contributed by atoms with Gasteiger partial charge in [-0.05, 0) is 30.0 Å². The second kappa shape index (κ2) is 5.83. The number of aromatic nitrogens is 2. The fraction of sp³-hybridized carbons (Fsp3) is 0.400. The quantitative estimate of drug-likeness (QED) is 0.878. The van der Waals surface area contributed by atoms with Gasteiger partial charge in [-0.1, -0.05) is 37.6 Å². The minimum Gasteiger partial charge on any atom is -0.390 e. The Morgan fingerprint density at radius 1 is 1.22 bits per heavy atom. The van der Waals surface area contributed by atoms with Gasteiger partial charge in [-0.2, -0.15) is 5.10 Å². The van der Waals surface area contributed by atoms with E-state index in [-0.39, 0.29) is 6.61 Å². The fourth-order valence-electron chi connectivity index (χ4n) is 2.10. The van der Waals surface area contributed by atoms with Crippen LogP contribution in [-0.2, 0) is 20.1 Å². The molecule has 0 aliphatic heterocycles. The van der Waals surface area contributed by atoms with Gasteiger partial charge in [-0.3, -0.25) is 4.68 Å². The Bertz CT molecular complexity index is 500. The number of nitrogens with zero attached hydrogens (tertiary/aromatic N) is 2. The van der Waals surface area contributed by atoms with Crippen LogP contribution in [0.25, 0.3) is 11.3 Å². The van der Waals surface area contributed by atoms with Crippen LogP contribution in [-0.4, -0.2) is 14.9 Å². The van der Waals surface area contributed by atoms with Crippen LogP contribution in [0.2, 0.25) is 0 Å². The Labute approximate surface area is 108 Å². The zero-order chi connectivity index (χ0) is 13.0. The number of aliphatic hydroxyl groups is 1. The lowest BCUT2D eigenvalue weighted by Crippen LogP contribution is -1.94. The predicted octanol–water partition coefficient (Wildman–Crippen LogP) is 2.92. The molecule has 1 heterocycles. The van der Waals surface area contributed by atoms with Crippen LogP contribution in [0.1, 0.15) is 31.0 Å². The first-order chi connectivity index (χ1) is 8.74. The molecule has 3 heteroatoms. The van der Waals surface area contributed by atoms with Crippen molar-refractivity contribution >= 4 is 0 Å². The second-order valence-electron chi connectivity index (χ2n) is 4.60. The molecule has 0 saturated carbocycles. The third-order valence-electron chi connectivity index (χ3n) is 3.16. The highest BCUT2D eigenvalue weighted by molar-refractivity contribution is 5.60. The molecule has 0 spiro atoms. The molecule has 3 nitrogen and oxygen atoms in total. The Hall–Kier alpha value is -1.61. The van der Waals surface area contributed by atoms with Crippen molar-refractivity contribution < 1.29 is 5.11 Å². The molecule has 0 amide bonds. The highest BCUT2D eigenvalue weighted by Gasteiger charge is 2.06. The molecule has 18 heavy (non-hydrogen) atoms. The van der Waals surface area contributed by atoms with Crippen molar-refractivity contribution in [2.75, 3.05) is 0 Å². The Morgan fingerprint density at radius 2 is 1.94 bits per heavy atom. The first-order valence-corrected chi connectivity index (χ1v) is 6.47. The highest BCUT2D eigenvalue weighted by Crippen LogP contribution is 2.21. The van der Waals surface area contributed by atoms with E-state index in [1.165, 1.54) is 18.4 Å². The zero-order valence-electron chi connectivity index (χ0n) is 11.1. The number of hydrogen-bond acceptors (Lipinski definition) is 2. The van der Waals surface area contributed by atoms with Gasteiger partial charge in [0.25, 0.3) is 0 Å². The van der Waals surface area contributed by atoms with Crippen LogP contribution >= 0.6 is 0 Å². The van der Waals surface area contributed by atoms with E-state index in [0.717, 1.165) is 17.7 Å². The summed E-state index contributed by atoms with van der Waals surface area (Å²) in [6.45, 7) is 2.20. The average Bonchev–Trinajstić information content (AvgIpc) is 2.78. The smallest absolute Gasteiger partial charge is 0.0885 e. The number of benzene rings is 1. The van der Waals surface area contributed by atoms with E-state index in [1.54, 1.807) is 0 Å². The molecule has 0 fully saturated rings. The van der Waals surface area contributed by atoms with E-state index in [2.05, 4.69) is 36.3 Å². The van der Waals surface area contributed by atoms with Gasteiger partial charge < -0.3 is 5.11 Å². The molecular weight excluding hydrogens is 224 g/mol. The van der Waals surface area contributed by atoms with Crippen LogP contribution in [0.3, 0.4) is 0 Å². The van der Waals surface area contributed by atoms with Crippen molar-refractivity contribution in [1.29, 1.82) is 0 Å². The predicted molar refractivity (Wildman–Crippen MR) is 73.2 cm³/mol. The van der Waals surface area contributed by atoms with Crippen molar-refractivity contribution in [1.82, 2.24) is 9.78 Å². The minimum absolute atomic E-state index is 0.0115. The van der Waals surface area contributed by atoms with Crippen LogP contribution in [0.5, 0.6) is 0 Å². The van der Waals surface area contributed by atoms with Crippen LogP contribution in [0.4, 0.5) is 0 Å². The van der Waals surface area contributed by atoms with Gasteiger partial charge in [0.05, 0.1) is 18.0 Å². The normalized spacial score (nSPS) is 10.8. The van der Waals surface area contributed by atoms with E-state index < -0.39 is 0 Å². The van der Waals surface area contributed by atoms with Crippen LogP contribution < -0.4 is 0 Å². The largest absolute Gasteiger partial charge is 0.390 e. The molecule has 0 bridgehead atoms. The van der Waals surface area contributed by atoms with Crippen molar-refractivity contribution in [2.24, 2.45) is 7.05 Å². The van der Waals surface area contributed by atoms with Crippen molar-refractivity contribution in [2.45, 2.75) is 32.8 Å². The summed E-state index contributed by atoms with van der Waals surface area (Å²) in [5.74, 6) is 0. The van der Waals surface area contributed by atoms with E-state index in [4.69, 9.17) is 5.11 Å². The van der Waals surface area contributed by atoms with Gasteiger partial charge in [-0.25, -0.2) is 0 Å². The van der Waals surface area contributed by atoms with E-state index in [0.29, 0.717) is 5.69 Å². The van der Waals surface area contributed by atoms with Gasteiger partial charge in [0.15, 0.2) is 0 Å². The summed E-state index contributed by atoms with van der Waals surface area (Å²) in [6.07, 6.45) is 3.60. The number of hydrogen-bond donors (Lipinski definition) is 1. The van der Waals surface area contributed by atoms with Crippen molar-refractivity contribution in [3.63, 3.8) is 0 Å². The maximum atomic E-state index is 9.09. The number of rotatable bonds is 5. The number of aryl methyl sites for hydroxylation is 2. The first kappa shape index (κ1) is 12.8. The monoisotopic (exact) mass is 244 g/mol. The molecule has 96 valence electrons. The van der Waals surface area contributed by atoms with Gasteiger partial charge >= 0.3 is 0 Å². The molecule has 0 aliphatic carbocycles. The topological polar surface area (TPSA) is 38.1 Å². The maximum Gasteiger partial charge on any atom is 0.0885 e. The fourth-order valence-corrected chi connectivity index (χ4v) is 2.10. The maximum absolute atomic E-state index is 9.09. The summed E-state index contributed by atoms with van der Waals surface area (Å²) < 4.78 is 1.81. The summed E-state index contributed by atoms with van der Waals surface area (Å²) in [6, 6.07) is 10.5. The molecule has 0 saturated heterocycles. The lowest BCUT2D eigenvalue weighted by atomic mass is 10.0. The Balaban J connectivity index is 2.20. The van der Waals surface area contributed by atoms with Gasteiger partial charge in [0.2, 0.25) is 0 Å². The van der Waals surface area contributed by atoms with Gasteiger partial charge in [0, 0.05) is 7.05 Å². The highest BCUT2D eigenvalue weighted by atomic mass is 16.3. The SMILES string of the molecule is CCCCc1ccc(-c2cc(CO)nn2C)cc1. The number of aliphatic hydroxyl groups excluding tert-OH is 1. The Kier molecular flexibility index (Phi) is 4.15. The molecular formula is C15H20N2O. The molecule has 1 N–H and O–H groups in total. The van der Waals surface area contributed by atoms with Crippen LogP contribution in [0, 0.1) is 0 Å². The summed E-state index contributed by atoms with van der Waals surface area (Å²) in [5, 5.41) is 13.3.